The molecule has 1 aliphatic heterocycles. The lowest BCUT2D eigenvalue weighted by Gasteiger charge is -2.24. The van der Waals surface area contributed by atoms with Crippen molar-refractivity contribution < 1.29 is 14.7 Å². The van der Waals surface area contributed by atoms with Crippen molar-refractivity contribution >= 4 is 11.9 Å². The molecule has 1 fully saturated rings. The number of carboxylic acids is 1. The molecule has 0 aliphatic carbocycles. The fourth-order valence-electron chi connectivity index (χ4n) is 3.67. The van der Waals surface area contributed by atoms with Crippen LogP contribution in [0.25, 0.3) is 0 Å². The Morgan fingerprint density at radius 2 is 2.08 bits per heavy atom. The lowest BCUT2D eigenvalue weighted by Crippen LogP contribution is -2.31. The third-order valence-electron chi connectivity index (χ3n) is 4.84. The number of hydrogen-bond acceptors (Lipinski definition) is 3. The minimum atomic E-state index is -0.951. The van der Waals surface area contributed by atoms with Crippen LogP contribution in [-0.2, 0) is 18.3 Å². The van der Waals surface area contributed by atoms with E-state index in [0.717, 1.165) is 30.6 Å². The van der Waals surface area contributed by atoms with Crippen LogP contribution in [0.1, 0.15) is 52.5 Å². The maximum atomic E-state index is 12.8. The molecule has 0 radical (unpaired) electrons. The highest BCUT2D eigenvalue weighted by atomic mass is 16.4. The molecule has 6 nitrogen and oxygen atoms in total. The maximum absolute atomic E-state index is 12.8. The maximum Gasteiger partial charge on any atom is 0.335 e. The molecule has 0 spiro atoms. The zero-order valence-corrected chi connectivity index (χ0v) is 14.6. The largest absolute Gasteiger partial charge is 0.478 e. The summed E-state index contributed by atoms with van der Waals surface area (Å²) in [6.07, 6.45) is 4.68. The summed E-state index contributed by atoms with van der Waals surface area (Å²) >= 11 is 0. The first-order valence-corrected chi connectivity index (χ1v) is 8.58. The first-order chi connectivity index (χ1) is 12.0. The highest BCUT2D eigenvalue weighted by Crippen LogP contribution is 2.34. The number of nitrogens with zero attached hydrogens (tertiary/aromatic N) is 3. The number of carboxylic acid groups (broad SMARTS) is 1. The molecule has 0 bridgehead atoms. The van der Waals surface area contributed by atoms with Gasteiger partial charge in [-0.05, 0) is 37.8 Å². The van der Waals surface area contributed by atoms with Gasteiger partial charge in [0.25, 0.3) is 0 Å². The molecule has 1 aromatic carbocycles. The number of amides is 1. The molecule has 1 saturated heterocycles. The second kappa shape index (κ2) is 7.09. The number of aromatic nitrogens is 2. The Hall–Kier alpha value is -2.63. The van der Waals surface area contributed by atoms with Gasteiger partial charge in [0.2, 0.25) is 5.91 Å². The van der Waals surface area contributed by atoms with Crippen LogP contribution in [-0.4, -0.2) is 38.2 Å². The van der Waals surface area contributed by atoms with Crippen molar-refractivity contribution in [2.24, 2.45) is 7.05 Å². The van der Waals surface area contributed by atoms with Gasteiger partial charge < -0.3 is 10.0 Å². The number of aromatic carboxylic acids is 1. The number of hydrogen-bond donors (Lipinski definition) is 1. The van der Waals surface area contributed by atoms with Gasteiger partial charge in [0, 0.05) is 31.8 Å². The molecule has 0 saturated carbocycles. The van der Waals surface area contributed by atoms with Crippen molar-refractivity contribution in [3.8, 4) is 0 Å². The Morgan fingerprint density at radius 3 is 2.76 bits per heavy atom. The van der Waals surface area contributed by atoms with Gasteiger partial charge in [0.1, 0.15) is 0 Å². The van der Waals surface area contributed by atoms with Crippen molar-refractivity contribution in [2.75, 3.05) is 6.54 Å². The number of carbonyl (C=O) groups excluding carboxylic acids is 1. The van der Waals surface area contributed by atoms with Gasteiger partial charge in [-0.3, -0.25) is 9.48 Å². The molecule has 1 amide bonds. The van der Waals surface area contributed by atoms with Gasteiger partial charge >= 0.3 is 5.97 Å². The molecular weight excluding hydrogens is 318 g/mol. The van der Waals surface area contributed by atoms with E-state index in [2.05, 4.69) is 5.10 Å². The molecule has 1 unspecified atom stereocenters. The van der Waals surface area contributed by atoms with Gasteiger partial charge in [-0.25, -0.2) is 4.79 Å². The van der Waals surface area contributed by atoms with Gasteiger partial charge in [-0.2, -0.15) is 5.10 Å². The molecule has 1 N–H and O–H groups in total. The molecule has 25 heavy (non-hydrogen) atoms. The van der Waals surface area contributed by atoms with Gasteiger partial charge in [0.05, 0.1) is 17.3 Å². The molecule has 2 aromatic rings. The Balaban J connectivity index is 1.71. The van der Waals surface area contributed by atoms with Crippen molar-refractivity contribution in [1.29, 1.82) is 0 Å². The van der Waals surface area contributed by atoms with Crippen molar-refractivity contribution in [3.63, 3.8) is 0 Å². The Labute approximate surface area is 147 Å². The van der Waals surface area contributed by atoms with E-state index in [1.165, 1.54) is 0 Å². The van der Waals surface area contributed by atoms with Crippen LogP contribution in [0.3, 0.4) is 0 Å². The average molecular weight is 341 g/mol. The van der Waals surface area contributed by atoms with Crippen LogP contribution < -0.4 is 0 Å². The Kier molecular flexibility index (Phi) is 4.88. The first-order valence-electron chi connectivity index (χ1n) is 8.58. The van der Waals surface area contributed by atoms with Gasteiger partial charge in [-0.1, -0.05) is 18.2 Å². The standard InChI is InChI=1S/C19H23N3O3/c1-13-16(12-21(2)20-13)17-8-5-11-22(17)18(23)10-9-14-6-3-4-7-15(14)19(24)25/h3-4,6-7,12,17H,5,8-11H2,1-2H3,(H,24,25). The topological polar surface area (TPSA) is 75.4 Å². The summed E-state index contributed by atoms with van der Waals surface area (Å²) < 4.78 is 1.79. The van der Waals surface area contributed by atoms with Crippen molar-refractivity contribution in [1.82, 2.24) is 14.7 Å². The van der Waals surface area contributed by atoms with E-state index in [9.17, 15) is 14.7 Å². The molecule has 1 atom stereocenters. The van der Waals surface area contributed by atoms with E-state index in [1.54, 1.807) is 22.9 Å². The van der Waals surface area contributed by atoms with E-state index in [1.807, 2.05) is 31.1 Å². The molecule has 132 valence electrons. The first kappa shape index (κ1) is 17.2. The Bertz CT molecular complexity index is 797. The minimum absolute atomic E-state index is 0.0749. The average Bonchev–Trinajstić information content (AvgIpc) is 3.18. The minimum Gasteiger partial charge on any atom is -0.478 e. The molecular formula is C19H23N3O3. The third-order valence-corrected chi connectivity index (χ3v) is 4.84. The SMILES string of the molecule is Cc1nn(C)cc1C1CCCN1C(=O)CCc1ccccc1C(=O)O. The van der Waals surface area contributed by atoms with E-state index in [0.29, 0.717) is 18.4 Å². The summed E-state index contributed by atoms with van der Waals surface area (Å²) in [6, 6.07) is 6.96. The fraction of sp³-hybridized carbons (Fsp3) is 0.421. The molecule has 1 aliphatic rings. The number of benzene rings is 1. The predicted octanol–water partition coefficient (Wildman–Crippen LogP) is 2.72. The molecule has 1 aromatic heterocycles. The van der Waals surface area contributed by atoms with Crippen LogP contribution >= 0.6 is 0 Å². The summed E-state index contributed by atoms with van der Waals surface area (Å²) in [4.78, 5) is 26.0. The summed E-state index contributed by atoms with van der Waals surface area (Å²) in [5.41, 5.74) is 3.05. The highest BCUT2D eigenvalue weighted by molar-refractivity contribution is 5.89. The smallest absolute Gasteiger partial charge is 0.335 e. The number of carbonyl (C=O) groups is 2. The summed E-state index contributed by atoms with van der Waals surface area (Å²) in [5.74, 6) is -0.876. The zero-order valence-electron chi connectivity index (χ0n) is 14.6. The summed E-state index contributed by atoms with van der Waals surface area (Å²) in [6.45, 7) is 2.72. The van der Waals surface area contributed by atoms with E-state index >= 15 is 0 Å². The predicted molar refractivity (Wildman–Crippen MR) is 93.4 cm³/mol. The third kappa shape index (κ3) is 3.57. The number of aryl methyl sites for hydroxylation is 3. The number of likely N-dealkylation sites (tertiary alicyclic amines) is 1. The second-order valence-corrected chi connectivity index (χ2v) is 6.55. The van der Waals surface area contributed by atoms with Crippen molar-refractivity contribution in [2.45, 2.75) is 38.6 Å². The van der Waals surface area contributed by atoms with Crippen molar-refractivity contribution in [3.05, 3.63) is 52.8 Å². The second-order valence-electron chi connectivity index (χ2n) is 6.55. The molecule has 6 heteroatoms. The molecule has 2 heterocycles. The van der Waals surface area contributed by atoms with Gasteiger partial charge in [0.15, 0.2) is 0 Å². The highest BCUT2D eigenvalue weighted by Gasteiger charge is 2.31. The van der Waals surface area contributed by atoms with Crippen LogP contribution in [0.2, 0.25) is 0 Å². The lowest BCUT2D eigenvalue weighted by molar-refractivity contribution is -0.132. The lowest BCUT2D eigenvalue weighted by atomic mass is 10.0. The normalized spacial score (nSPS) is 17.0. The van der Waals surface area contributed by atoms with Crippen LogP contribution in [0.4, 0.5) is 0 Å². The summed E-state index contributed by atoms with van der Waals surface area (Å²) in [5, 5.41) is 13.6. The van der Waals surface area contributed by atoms with E-state index < -0.39 is 5.97 Å². The van der Waals surface area contributed by atoms with E-state index in [-0.39, 0.29) is 17.5 Å². The fourth-order valence-corrected chi connectivity index (χ4v) is 3.67. The summed E-state index contributed by atoms with van der Waals surface area (Å²) in [7, 11) is 1.89. The monoisotopic (exact) mass is 341 g/mol. The van der Waals surface area contributed by atoms with Crippen LogP contribution in [0, 0.1) is 6.92 Å². The quantitative estimate of drug-likeness (QED) is 0.907. The number of rotatable bonds is 5. The molecule has 3 rings (SSSR count). The van der Waals surface area contributed by atoms with Gasteiger partial charge in [-0.15, -0.1) is 0 Å². The van der Waals surface area contributed by atoms with Crippen LogP contribution in [0.15, 0.2) is 30.5 Å². The Morgan fingerprint density at radius 1 is 1.32 bits per heavy atom. The van der Waals surface area contributed by atoms with Crippen LogP contribution in [0.5, 0.6) is 0 Å². The van der Waals surface area contributed by atoms with E-state index in [4.69, 9.17) is 0 Å². The zero-order chi connectivity index (χ0) is 18.0.